The van der Waals surface area contributed by atoms with Crippen molar-refractivity contribution in [3.63, 3.8) is 0 Å². The highest BCUT2D eigenvalue weighted by molar-refractivity contribution is 7.15. The predicted molar refractivity (Wildman–Crippen MR) is 451 cm³/mol. The van der Waals surface area contributed by atoms with Crippen molar-refractivity contribution in [2.45, 2.75) is 193 Å². The molecule has 7 amide bonds. The summed E-state index contributed by atoms with van der Waals surface area (Å²) in [5.74, 6) is -16.6. The molecule has 1 aromatic heterocycles. The molecule has 11 bridgehead atoms. The molecule has 3 fully saturated rings. The number of carbonyl (C=O) groups is 8. The van der Waals surface area contributed by atoms with Gasteiger partial charge in [-0.1, -0.05) is 67.4 Å². The molecule has 15 rings (SSSR count). The van der Waals surface area contributed by atoms with Crippen molar-refractivity contribution < 1.29 is 138 Å². The molecule has 127 heavy (non-hydrogen) atoms. The lowest BCUT2D eigenvalue weighted by Crippen LogP contribution is -2.65. The highest BCUT2D eigenvalue weighted by atomic mass is 35.5. The number of phenolic OH excluding ortho intramolecular Hbond substituents is 3. The van der Waals surface area contributed by atoms with Crippen molar-refractivity contribution in [3.8, 4) is 67.6 Å². The summed E-state index contributed by atoms with van der Waals surface area (Å²) in [7, 11) is 5.32. The minimum absolute atomic E-state index is 0.129. The molecule has 2 unspecified atom stereocenters. The van der Waals surface area contributed by atoms with Crippen molar-refractivity contribution in [1.29, 1.82) is 0 Å². The Balaban J connectivity index is 0.957. The van der Waals surface area contributed by atoms with Crippen molar-refractivity contribution in [2.24, 2.45) is 17.4 Å². The van der Waals surface area contributed by atoms with Crippen LogP contribution in [0.4, 0.5) is 5.69 Å². The zero-order chi connectivity index (χ0) is 91.8. The van der Waals surface area contributed by atoms with Crippen LogP contribution in [0.2, 0.25) is 10.0 Å². The van der Waals surface area contributed by atoms with Gasteiger partial charge in [0.2, 0.25) is 53.4 Å². The molecule has 3 saturated heterocycles. The van der Waals surface area contributed by atoms with E-state index in [0.29, 0.717) is 0 Å². The van der Waals surface area contributed by atoms with E-state index in [1.165, 1.54) is 44.4 Å². The number of fused-ring (bicyclic) bond motifs is 15. The van der Waals surface area contributed by atoms with E-state index in [4.69, 9.17) is 72.6 Å². The van der Waals surface area contributed by atoms with E-state index in [1.807, 2.05) is 69.2 Å². The van der Waals surface area contributed by atoms with Crippen LogP contribution in [0.3, 0.4) is 0 Å². The number of carboxylic acid groups (broad SMARTS) is 1. The number of primary amides is 1. The van der Waals surface area contributed by atoms with Gasteiger partial charge in [0.05, 0.1) is 41.3 Å². The first-order chi connectivity index (χ1) is 60.2. The summed E-state index contributed by atoms with van der Waals surface area (Å²) < 4.78 is 51.4. The molecule has 6 aromatic carbocycles. The van der Waals surface area contributed by atoms with E-state index >= 15 is 24.0 Å². The Hall–Kier alpha value is -10.7. The summed E-state index contributed by atoms with van der Waals surface area (Å²) in [5, 5.41) is 160. The molecule has 0 aliphatic carbocycles. The lowest BCUT2D eigenvalue weighted by molar-refractivity contribution is -0.350. The number of nitrogens with two attached hydrogens (primary N) is 2. The van der Waals surface area contributed by atoms with E-state index in [0.717, 1.165) is 87.7 Å². The maximum Gasteiger partial charge on any atom is 0.330 e. The summed E-state index contributed by atoms with van der Waals surface area (Å²) in [6.07, 6.45) is -29.0. The number of nitrogens with zero attached hydrogens (tertiary/aromatic N) is 1. The summed E-state index contributed by atoms with van der Waals surface area (Å²) in [6, 6.07) is 10.9. The number of aliphatic hydroxyl groups excluding tert-OH is 8. The van der Waals surface area contributed by atoms with E-state index in [9.17, 15) is 75.7 Å². The zero-order valence-corrected chi connectivity index (χ0v) is 71.5. The highest BCUT2D eigenvalue weighted by Crippen LogP contribution is 2.51. The summed E-state index contributed by atoms with van der Waals surface area (Å²) in [5.41, 5.74) is 10.0. The van der Waals surface area contributed by atoms with Gasteiger partial charge < -0.3 is 158 Å². The third-order valence-electron chi connectivity index (χ3n) is 22.7. The number of likely N-dealkylation sites (N-methyl/N-ethyl adjacent to an activating group) is 1. The lowest BCUT2D eigenvalue weighted by Gasteiger charge is -2.46. The molecule has 0 spiro atoms. The van der Waals surface area contributed by atoms with Gasteiger partial charge in [-0.3, -0.25) is 33.6 Å². The monoisotopic (exact) mass is 1820 g/mol. The van der Waals surface area contributed by atoms with Crippen LogP contribution in [0, 0.1) is 5.92 Å². The number of ether oxygens (including phenoxy) is 8. The van der Waals surface area contributed by atoms with Gasteiger partial charge in [0.1, 0.15) is 120 Å². The molecular weight excluding hydrogens is 1730 g/mol. The predicted octanol–water partition coefficient (Wildman–Crippen LogP) is 1.52. The number of benzene rings is 6. The van der Waals surface area contributed by atoms with Crippen LogP contribution < -0.4 is 73.1 Å². The molecule has 8 aliphatic rings. The number of thiophene rings is 1. The van der Waals surface area contributed by atoms with Crippen LogP contribution in [0.1, 0.15) is 110 Å². The molecule has 23 atom stereocenters. The SMILES string of the molecule is CN[C@H](CC(C)C)C(=O)NC1C(=O)N[C@H](CC(N)=O)C(=O)N[C@H]2C(=O)N[C@@H]3C(=O)N[C@H](C(=O)N[C@H](C(=O)O)c4cc(O)cc(O)c4-c4cc3ccc4O)[C@H](OC3C[C@](C)(N)[C@@H](O)[C@H](C)O3)c3ccc(c(Cl)c3)Oc3cc2cc(c3O[C@@H]2O[C@H](CO)[C@@H](O[C@@H]3O[C@H](CNCc4ccc(-c5ccc(N(C)C)cc5)s4)[C@H](O)[C@H](O)[C@H]3O)[C@H](O)[C@H]2O)Oc2ccc(cc2Cl)[C@H]1O. The average Bonchev–Trinajstić information content (AvgIpc) is 1.08. The van der Waals surface area contributed by atoms with Gasteiger partial charge in [-0.25, -0.2) is 4.79 Å². The topological polar surface area (TPSA) is 605 Å². The summed E-state index contributed by atoms with van der Waals surface area (Å²) >= 11 is 16.0. The molecule has 0 radical (unpaired) electrons. The number of rotatable bonds is 21. The average molecular weight is 1830 g/mol. The number of hydrogen-bond donors (Lipinski definition) is 22. The molecular formula is C85H99Cl2N11O28S. The number of anilines is 1. The summed E-state index contributed by atoms with van der Waals surface area (Å²) in [4.78, 5) is 124. The Kier molecular flexibility index (Phi) is 28.9. The van der Waals surface area contributed by atoms with Crippen LogP contribution in [0.5, 0.6) is 46.0 Å². The molecule has 8 aliphatic heterocycles. The maximum absolute atomic E-state index is 16.5. The van der Waals surface area contributed by atoms with E-state index in [1.54, 1.807) is 0 Å². The fraction of sp³-hybridized carbons (Fsp3) is 0.435. The Bertz CT molecular complexity index is 5290. The second-order valence-corrected chi connectivity index (χ2v) is 34.7. The maximum atomic E-state index is 16.5. The van der Waals surface area contributed by atoms with Crippen LogP contribution >= 0.6 is 34.5 Å². The highest BCUT2D eigenvalue weighted by Gasteiger charge is 2.53. The number of aliphatic carboxylic acids is 1. The summed E-state index contributed by atoms with van der Waals surface area (Å²) in [6.45, 7) is 5.53. The minimum atomic E-state index is -2.42. The van der Waals surface area contributed by atoms with Crippen LogP contribution in [-0.4, -0.2) is 253 Å². The number of carboxylic acids is 1. The fourth-order valence-electron chi connectivity index (χ4n) is 15.9. The van der Waals surface area contributed by atoms with Crippen LogP contribution in [0.25, 0.3) is 21.6 Å². The number of amides is 7. The molecule has 7 aromatic rings. The molecule has 39 nitrogen and oxygen atoms in total. The lowest BCUT2D eigenvalue weighted by atomic mass is 9.86. The van der Waals surface area contributed by atoms with E-state index in [-0.39, 0.29) is 48.5 Å². The van der Waals surface area contributed by atoms with Crippen LogP contribution in [0.15, 0.2) is 115 Å². The number of aliphatic hydroxyl groups is 8. The van der Waals surface area contributed by atoms with Gasteiger partial charge >= 0.3 is 5.97 Å². The molecule has 24 N–H and O–H groups in total. The first-order valence-electron chi connectivity index (χ1n) is 40.4. The van der Waals surface area contributed by atoms with Crippen molar-refractivity contribution in [3.05, 3.63) is 158 Å². The quantitative estimate of drug-likeness (QED) is 0.0485. The van der Waals surface area contributed by atoms with Crippen LogP contribution in [-0.2, 0) is 68.6 Å². The van der Waals surface area contributed by atoms with Gasteiger partial charge in [0.15, 0.2) is 30.1 Å². The van der Waals surface area contributed by atoms with Gasteiger partial charge in [-0.2, -0.15) is 0 Å². The van der Waals surface area contributed by atoms with Crippen molar-refractivity contribution >= 4 is 87.5 Å². The molecule has 682 valence electrons. The Morgan fingerprint density at radius 2 is 1.30 bits per heavy atom. The largest absolute Gasteiger partial charge is 0.508 e. The Morgan fingerprint density at radius 3 is 1.93 bits per heavy atom. The van der Waals surface area contributed by atoms with E-state index < -0.39 is 279 Å². The number of halogens is 2. The number of phenols is 3. The van der Waals surface area contributed by atoms with Crippen molar-refractivity contribution in [2.75, 3.05) is 39.2 Å². The fourth-order valence-corrected chi connectivity index (χ4v) is 17.3. The smallest absolute Gasteiger partial charge is 0.330 e. The standard InChI is InChI=1S/C85H99Cl2N11O28S/c1-33(2)20-47(90-5)76(111)96-64-66(104)37-11-17-51(45(86)22-37)120-53-24-39-25-54(73(53)125-84-71(109)69(107)74(56(32-99)123-84)126-83-70(108)68(106)67(105)55(122-83)31-91-30-42-15-19-57(127-42)35-8-13-40(14-9-35)98(6)7)121-52-18-12-38(23-46(52)87)72(124-59-29-85(4,89)75(110)34(3)119-59)65-81(116)95-63(82(117)118)44-26-41(100)27-50(102)60(44)43-21-36(10-16-49(43)101)61(78(113)97-65)94-79(114)62(39)93-77(112)48(28-58(88)103)92-80(64)115/h8-19,21-27,33-34,47-48,55-56,59,61-72,74-75,83-84,90-91,99-102,104-110H,20,28-32,89H2,1-7H3,(H2,88,103)(H,92,115)(H,93,112)(H,94,114)(H,95,116)(H,96,111)(H,97,113)(H,117,118)/t34-,47+,48+,55+,56+,59?,61-,62+,63-,64?,65-,66+,67-,68-,69+,70+,71+,72+,74+,75-,83-,84-,85-/m0/s1. The number of aromatic hydroxyl groups is 3. The first kappa shape index (κ1) is 93.9. The van der Waals surface area contributed by atoms with Gasteiger partial charge in [0, 0.05) is 77.3 Å². The van der Waals surface area contributed by atoms with Crippen molar-refractivity contribution in [1.82, 2.24) is 42.5 Å². The van der Waals surface area contributed by atoms with Gasteiger partial charge in [-0.05, 0) is 140 Å². The molecule has 0 saturated carbocycles. The molecule has 9 heterocycles. The Morgan fingerprint density at radius 1 is 0.669 bits per heavy atom. The number of carbonyl (C=O) groups excluding carboxylic acids is 7. The number of hydrogen-bond acceptors (Lipinski definition) is 32. The minimum Gasteiger partial charge on any atom is -0.508 e. The Labute approximate surface area is 739 Å². The molecule has 42 heteroatoms. The van der Waals surface area contributed by atoms with E-state index in [2.05, 4.69) is 42.5 Å². The second-order valence-electron chi connectivity index (χ2n) is 32.7. The third-order valence-corrected chi connectivity index (χ3v) is 24.4. The second kappa shape index (κ2) is 39.1. The first-order valence-corrected chi connectivity index (χ1v) is 42.0. The third kappa shape index (κ3) is 20.6. The normalized spacial score (nSPS) is 29.5. The van der Waals surface area contributed by atoms with Gasteiger partial charge in [0.25, 0.3) is 0 Å². The van der Waals surface area contributed by atoms with Gasteiger partial charge in [-0.15, -0.1) is 11.3 Å². The number of nitrogens with one attached hydrogen (secondary N) is 8. The zero-order valence-electron chi connectivity index (χ0n) is 69.2.